The van der Waals surface area contributed by atoms with Gasteiger partial charge in [0.25, 0.3) is 11.1 Å². The Morgan fingerprint density at radius 1 is 0.568 bits per heavy atom. The van der Waals surface area contributed by atoms with E-state index in [1.165, 1.54) is 35.9 Å². The molecule has 0 spiro atoms. The number of imidazole rings is 2. The van der Waals surface area contributed by atoms with Crippen LogP contribution in [0.5, 0.6) is 0 Å². The molecule has 6 N–H and O–H groups in total. The number of aromatic amines is 2. The van der Waals surface area contributed by atoms with Gasteiger partial charge >= 0.3 is 11.4 Å². The van der Waals surface area contributed by atoms with Gasteiger partial charge in [0.05, 0.1) is 12.7 Å². The second kappa shape index (κ2) is 14.0. The number of nitrogens with two attached hydrogens (primary N) is 2. The summed E-state index contributed by atoms with van der Waals surface area (Å²) in [7, 11) is 6.02. The summed E-state index contributed by atoms with van der Waals surface area (Å²) in [4.78, 5) is 79.6. The lowest BCUT2D eigenvalue weighted by atomic mass is 10.2. The maximum absolute atomic E-state index is 11.4. The number of H-pyrrole nitrogens is 2. The van der Waals surface area contributed by atoms with E-state index in [1.807, 2.05) is 12.1 Å². The highest BCUT2D eigenvalue weighted by Gasteiger charge is 2.10. The van der Waals surface area contributed by atoms with E-state index < -0.39 is 0 Å². The smallest absolute Gasteiger partial charge is 0.332 e. The van der Waals surface area contributed by atoms with Crippen molar-refractivity contribution in [1.29, 1.82) is 0 Å². The number of carbonyl (C=O) groups excluding carboxylic acids is 2. The minimum Gasteiger partial charge on any atom is -0.366 e. The van der Waals surface area contributed by atoms with Crippen molar-refractivity contribution >= 4 is 34.1 Å². The molecule has 4 heterocycles. The van der Waals surface area contributed by atoms with Gasteiger partial charge in [-0.25, -0.2) is 19.6 Å². The minimum absolute atomic E-state index is 0.351. The van der Waals surface area contributed by atoms with Gasteiger partial charge in [-0.05, 0) is 24.3 Å². The molecular weight excluding hydrogens is 572 g/mol. The molecule has 0 atom stereocenters. The number of amides is 2. The number of carbonyl (C=O) groups is 2. The Balaban J connectivity index is 0.000000163. The molecule has 6 aromatic rings. The number of hydrogen-bond acceptors (Lipinski definition) is 8. The molecule has 0 radical (unpaired) electrons. The van der Waals surface area contributed by atoms with Gasteiger partial charge in [-0.2, -0.15) is 0 Å². The van der Waals surface area contributed by atoms with E-state index in [0.29, 0.717) is 33.5 Å². The third-order valence-electron chi connectivity index (χ3n) is 6.18. The summed E-state index contributed by atoms with van der Waals surface area (Å²) < 4.78 is 4.74. The molecule has 2 amide bonds. The van der Waals surface area contributed by atoms with Crippen molar-refractivity contribution in [2.45, 2.75) is 0 Å². The molecule has 0 aliphatic heterocycles. The molecule has 0 saturated heterocycles. The number of aryl methyl sites for hydroxylation is 2. The predicted octanol–water partition coefficient (Wildman–Crippen LogP) is -0.508. The van der Waals surface area contributed by atoms with Gasteiger partial charge < -0.3 is 21.4 Å². The van der Waals surface area contributed by atoms with Crippen LogP contribution in [0.3, 0.4) is 0 Å². The standard InChI is InChI=1S/2C7H8N4O2.2C7H7NO/c2*1-10-5-4(8-3-9-5)6(12)11(2)7(10)13;2*8-7(9)6-4-2-1-3-5-6/h2*3H,1-2H3,(H,8,9);2*1-5H,(H2,8,9). The van der Waals surface area contributed by atoms with Crippen LogP contribution in [0, 0.1) is 0 Å². The van der Waals surface area contributed by atoms with Gasteiger partial charge in [-0.15, -0.1) is 0 Å². The van der Waals surface area contributed by atoms with Crippen LogP contribution in [0.15, 0.2) is 92.5 Å². The van der Waals surface area contributed by atoms with Crippen molar-refractivity contribution < 1.29 is 9.59 Å². The first-order valence-electron chi connectivity index (χ1n) is 12.7. The van der Waals surface area contributed by atoms with Crippen molar-refractivity contribution in [3.8, 4) is 0 Å². The van der Waals surface area contributed by atoms with E-state index in [-0.39, 0.29) is 34.3 Å². The maximum Gasteiger partial charge on any atom is 0.332 e. The zero-order valence-electron chi connectivity index (χ0n) is 24.2. The lowest BCUT2D eigenvalue weighted by molar-refractivity contribution is 0.0992. The van der Waals surface area contributed by atoms with Gasteiger partial charge in [0.2, 0.25) is 11.8 Å². The van der Waals surface area contributed by atoms with Crippen LogP contribution in [0.4, 0.5) is 0 Å². The van der Waals surface area contributed by atoms with Gasteiger partial charge in [-0.3, -0.25) is 37.4 Å². The second-order valence-corrected chi connectivity index (χ2v) is 9.07. The number of aromatic nitrogens is 8. The number of primary amides is 2. The highest BCUT2D eigenvalue weighted by Crippen LogP contribution is 1.99. The third kappa shape index (κ3) is 7.11. The Labute approximate surface area is 247 Å². The Kier molecular flexibility index (Phi) is 10.3. The molecule has 0 aliphatic rings. The second-order valence-electron chi connectivity index (χ2n) is 9.07. The van der Waals surface area contributed by atoms with Gasteiger partial charge in [-0.1, -0.05) is 36.4 Å². The Morgan fingerprint density at radius 2 is 0.886 bits per heavy atom. The third-order valence-corrected chi connectivity index (χ3v) is 6.18. The van der Waals surface area contributed by atoms with Crippen LogP contribution in [0.25, 0.3) is 22.3 Å². The van der Waals surface area contributed by atoms with Crippen LogP contribution in [-0.2, 0) is 28.2 Å². The Hall–Kier alpha value is -6.32. The summed E-state index contributed by atoms with van der Waals surface area (Å²) in [6.07, 6.45) is 2.79. The Morgan fingerprint density at radius 3 is 1.16 bits per heavy atom. The van der Waals surface area contributed by atoms with Crippen LogP contribution in [-0.4, -0.2) is 50.0 Å². The number of rotatable bonds is 2. The molecule has 16 nitrogen and oxygen atoms in total. The van der Waals surface area contributed by atoms with Gasteiger partial charge in [0, 0.05) is 39.3 Å². The van der Waals surface area contributed by atoms with Crippen LogP contribution < -0.4 is 34.0 Å². The fourth-order valence-corrected chi connectivity index (χ4v) is 3.74. The van der Waals surface area contributed by atoms with E-state index in [2.05, 4.69) is 19.9 Å². The monoisotopic (exact) mass is 602 g/mol. The SMILES string of the molecule is Cn1c(=O)c2[nH]cnc2n(C)c1=O.Cn1c(=O)c2[nH]cnc2n(C)c1=O.NC(=O)c1ccccc1.NC(=O)c1ccccc1. The molecule has 2 aromatic carbocycles. The molecule has 0 saturated carbocycles. The molecule has 0 aliphatic carbocycles. The number of hydrogen-bond donors (Lipinski definition) is 4. The molecule has 0 unspecified atom stereocenters. The first-order valence-corrected chi connectivity index (χ1v) is 12.7. The summed E-state index contributed by atoms with van der Waals surface area (Å²) in [6, 6.07) is 17.5. The number of benzene rings is 2. The fraction of sp³-hybridized carbons (Fsp3) is 0.143. The molecule has 228 valence electrons. The molecule has 4 aromatic heterocycles. The lowest BCUT2D eigenvalue weighted by Gasteiger charge is -2.00. The average molecular weight is 603 g/mol. The molecular formula is C28H30N10O6. The summed E-state index contributed by atoms with van der Waals surface area (Å²) in [5, 5.41) is 0. The highest BCUT2D eigenvalue weighted by atomic mass is 16.2. The zero-order chi connectivity index (χ0) is 32.6. The quantitative estimate of drug-likeness (QED) is 0.201. The van der Waals surface area contributed by atoms with Crippen LogP contribution in [0.1, 0.15) is 20.7 Å². The normalized spacial score (nSPS) is 10.1. The van der Waals surface area contributed by atoms with E-state index >= 15 is 0 Å². The number of fused-ring (bicyclic) bond motifs is 2. The van der Waals surface area contributed by atoms with E-state index in [1.54, 1.807) is 62.6 Å². The summed E-state index contributed by atoms with van der Waals surface area (Å²) >= 11 is 0. The van der Waals surface area contributed by atoms with Crippen molar-refractivity contribution in [3.05, 3.63) is 126 Å². The summed E-state index contributed by atoms with van der Waals surface area (Å²) in [5.41, 5.74) is 11.1. The van der Waals surface area contributed by atoms with Crippen molar-refractivity contribution in [1.82, 2.24) is 38.2 Å². The first kappa shape index (κ1) is 32.2. The predicted molar refractivity (Wildman–Crippen MR) is 163 cm³/mol. The largest absolute Gasteiger partial charge is 0.366 e. The van der Waals surface area contributed by atoms with Crippen molar-refractivity contribution in [2.75, 3.05) is 0 Å². The molecule has 0 bridgehead atoms. The zero-order valence-corrected chi connectivity index (χ0v) is 24.2. The lowest BCUT2D eigenvalue weighted by Crippen LogP contribution is -2.36. The Bertz CT molecular complexity index is 2000. The van der Waals surface area contributed by atoms with Crippen LogP contribution >= 0.6 is 0 Å². The molecule has 6 rings (SSSR count). The maximum atomic E-state index is 11.4. The fourth-order valence-electron chi connectivity index (χ4n) is 3.74. The van der Waals surface area contributed by atoms with E-state index in [0.717, 1.165) is 9.13 Å². The number of nitrogens with zero attached hydrogens (tertiary/aromatic N) is 6. The minimum atomic E-state index is -0.379. The van der Waals surface area contributed by atoms with Gasteiger partial charge in [0.1, 0.15) is 11.0 Å². The summed E-state index contributed by atoms with van der Waals surface area (Å²) in [6.45, 7) is 0. The highest BCUT2D eigenvalue weighted by molar-refractivity contribution is 5.93. The molecule has 0 fully saturated rings. The molecule has 16 heteroatoms. The van der Waals surface area contributed by atoms with Crippen LogP contribution in [0.2, 0.25) is 0 Å². The van der Waals surface area contributed by atoms with Crippen molar-refractivity contribution in [3.63, 3.8) is 0 Å². The first-order chi connectivity index (χ1) is 20.9. The van der Waals surface area contributed by atoms with Gasteiger partial charge in [0.15, 0.2) is 11.3 Å². The summed E-state index contributed by atoms with van der Waals surface area (Å²) in [5.74, 6) is -0.758. The average Bonchev–Trinajstić information content (AvgIpc) is 3.74. The van der Waals surface area contributed by atoms with E-state index in [9.17, 15) is 28.8 Å². The number of nitrogens with one attached hydrogen (secondary N) is 2. The van der Waals surface area contributed by atoms with E-state index in [4.69, 9.17) is 11.5 Å². The topological polar surface area (TPSA) is 232 Å². The molecule has 44 heavy (non-hydrogen) atoms. The van der Waals surface area contributed by atoms with Crippen molar-refractivity contribution in [2.24, 2.45) is 39.7 Å².